The SMILES string of the molecule is c1ccc2c(c1)O[C@H](c1ccc(OCCN3CCCCC3)cc1)C1=C2COc2ccccc21. The van der Waals surface area contributed by atoms with Gasteiger partial charge in [0.1, 0.15) is 30.5 Å². The van der Waals surface area contributed by atoms with Crippen LogP contribution in [0.2, 0.25) is 0 Å². The lowest BCUT2D eigenvalue weighted by molar-refractivity contribution is 0.183. The van der Waals surface area contributed by atoms with E-state index in [0.29, 0.717) is 6.61 Å². The predicted molar refractivity (Wildman–Crippen MR) is 131 cm³/mol. The van der Waals surface area contributed by atoms with Crippen LogP contribution in [0.4, 0.5) is 0 Å². The minimum atomic E-state index is -0.178. The van der Waals surface area contributed by atoms with Crippen LogP contribution in [0.5, 0.6) is 17.2 Å². The van der Waals surface area contributed by atoms with Crippen molar-refractivity contribution < 1.29 is 14.2 Å². The fourth-order valence-corrected chi connectivity index (χ4v) is 5.18. The highest BCUT2D eigenvalue weighted by Crippen LogP contribution is 2.50. The molecule has 168 valence electrons. The Kier molecular flexibility index (Phi) is 5.53. The highest BCUT2D eigenvalue weighted by atomic mass is 16.5. The zero-order valence-electron chi connectivity index (χ0n) is 18.8. The number of piperidine rings is 1. The molecule has 0 spiro atoms. The number of para-hydroxylation sites is 2. The minimum absolute atomic E-state index is 0.178. The predicted octanol–water partition coefficient (Wildman–Crippen LogP) is 5.99. The maximum atomic E-state index is 6.58. The van der Waals surface area contributed by atoms with Gasteiger partial charge in [-0.05, 0) is 55.8 Å². The molecular weight excluding hydrogens is 410 g/mol. The Morgan fingerprint density at radius 1 is 0.788 bits per heavy atom. The highest BCUT2D eigenvalue weighted by Gasteiger charge is 2.34. The Balaban J connectivity index is 1.26. The van der Waals surface area contributed by atoms with Gasteiger partial charge in [-0.1, -0.05) is 55.0 Å². The summed E-state index contributed by atoms with van der Waals surface area (Å²) in [6.07, 6.45) is 3.81. The maximum absolute atomic E-state index is 6.58. The number of nitrogens with zero attached hydrogens (tertiary/aromatic N) is 1. The van der Waals surface area contributed by atoms with Crippen LogP contribution in [0.3, 0.4) is 0 Å². The monoisotopic (exact) mass is 439 g/mol. The largest absolute Gasteiger partial charge is 0.492 e. The third-order valence-corrected chi connectivity index (χ3v) is 6.90. The molecule has 0 aliphatic carbocycles. The van der Waals surface area contributed by atoms with Crippen molar-refractivity contribution in [3.05, 3.63) is 89.5 Å². The molecule has 3 aliphatic rings. The molecule has 0 aromatic heterocycles. The number of likely N-dealkylation sites (tertiary alicyclic amines) is 1. The van der Waals surface area contributed by atoms with Crippen molar-refractivity contribution in [1.82, 2.24) is 4.90 Å². The Labute approximate surface area is 195 Å². The number of hydrogen-bond donors (Lipinski definition) is 0. The van der Waals surface area contributed by atoms with Gasteiger partial charge in [0.05, 0.1) is 0 Å². The third kappa shape index (κ3) is 4.00. The average Bonchev–Trinajstić information content (AvgIpc) is 2.89. The molecule has 0 unspecified atom stereocenters. The summed E-state index contributed by atoms with van der Waals surface area (Å²) in [6.45, 7) is 4.68. The summed E-state index contributed by atoms with van der Waals surface area (Å²) in [5.74, 6) is 2.74. The summed E-state index contributed by atoms with van der Waals surface area (Å²) < 4.78 is 18.7. The van der Waals surface area contributed by atoms with Crippen molar-refractivity contribution in [2.24, 2.45) is 0 Å². The van der Waals surface area contributed by atoms with E-state index in [4.69, 9.17) is 14.2 Å². The second kappa shape index (κ2) is 8.95. The van der Waals surface area contributed by atoms with Crippen LogP contribution in [0.25, 0.3) is 11.1 Å². The quantitative estimate of drug-likeness (QED) is 0.489. The molecule has 0 saturated carbocycles. The highest BCUT2D eigenvalue weighted by molar-refractivity contribution is 5.99. The van der Waals surface area contributed by atoms with Gasteiger partial charge >= 0.3 is 0 Å². The maximum Gasteiger partial charge on any atom is 0.150 e. The standard InChI is InChI=1S/C29H29NO3/c1-6-16-30(17-7-1)18-19-31-22-14-12-21(13-15-22)29-28-24-9-3-4-10-26(24)32-20-25(28)23-8-2-5-11-27(23)33-29/h2-5,8-15,29H,1,6-7,16-20H2/t29-/m1/s1. The van der Waals surface area contributed by atoms with Gasteiger partial charge in [-0.2, -0.15) is 0 Å². The molecule has 1 fully saturated rings. The van der Waals surface area contributed by atoms with E-state index in [1.54, 1.807) is 0 Å². The van der Waals surface area contributed by atoms with E-state index in [9.17, 15) is 0 Å². The summed E-state index contributed by atoms with van der Waals surface area (Å²) in [5, 5.41) is 0. The fourth-order valence-electron chi connectivity index (χ4n) is 5.18. The van der Waals surface area contributed by atoms with E-state index in [0.717, 1.165) is 47.1 Å². The van der Waals surface area contributed by atoms with Crippen molar-refractivity contribution in [3.8, 4) is 17.2 Å². The lowest BCUT2D eigenvalue weighted by Gasteiger charge is -2.35. The van der Waals surface area contributed by atoms with Crippen LogP contribution in [0.15, 0.2) is 72.8 Å². The van der Waals surface area contributed by atoms with E-state index >= 15 is 0 Å². The van der Waals surface area contributed by atoms with Gasteiger partial charge in [-0.25, -0.2) is 0 Å². The summed E-state index contributed by atoms with van der Waals surface area (Å²) >= 11 is 0. The van der Waals surface area contributed by atoms with Gasteiger partial charge in [0.15, 0.2) is 6.10 Å². The third-order valence-electron chi connectivity index (χ3n) is 6.90. The molecule has 0 N–H and O–H groups in total. The second-order valence-electron chi connectivity index (χ2n) is 8.99. The van der Waals surface area contributed by atoms with Crippen LogP contribution < -0.4 is 14.2 Å². The normalized spacial score (nSPS) is 19.6. The second-order valence-corrected chi connectivity index (χ2v) is 8.99. The van der Waals surface area contributed by atoms with E-state index in [-0.39, 0.29) is 6.10 Å². The van der Waals surface area contributed by atoms with Gasteiger partial charge < -0.3 is 14.2 Å². The van der Waals surface area contributed by atoms with E-state index in [2.05, 4.69) is 53.4 Å². The van der Waals surface area contributed by atoms with E-state index < -0.39 is 0 Å². The summed E-state index contributed by atoms with van der Waals surface area (Å²) in [5.41, 5.74) is 5.77. The smallest absolute Gasteiger partial charge is 0.150 e. The molecule has 3 aromatic rings. The van der Waals surface area contributed by atoms with E-state index in [1.165, 1.54) is 43.5 Å². The average molecular weight is 440 g/mol. The number of fused-ring (bicyclic) bond motifs is 4. The van der Waals surface area contributed by atoms with Crippen molar-refractivity contribution >= 4 is 11.1 Å². The van der Waals surface area contributed by atoms with Crippen LogP contribution in [-0.2, 0) is 0 Å². The van der Waals surface area contributed by atoms with Gasteiger partial charge in [0, 0.05) is 28.8 Å². The first-order valence-electron chi connectivity index (χ1n) is 12.0. The molecule has 3 aliphatic heterocycles. The molecule has 1 atom stereocenters. The van der Waals surface area contributed by atoms with E-state index in [1.807, 2.05) is 24.3 Å². The molecule has 4 nitrogen and oxygen atoms in total. The van der Waals surface area contributed by atoms with Crippen molar-refractivity contribution in [1.29, 1.82) is 0 Å². The number of rotatable bonds is 5. The van der Waals surface area contributed by atoms with Gasteiger partial charge in [-0.15, -0.1) is 0 Å². The first kappa shape index (κ1) is 20.4. The number of hydrogen-bond acceptors (Lipinski definition) is 4. The summed E-state index contributed by atoms with van der Waals surface area (Å²) in [4.78, 5) is 2.50. The zero-order valence-corrected chi connectivity index (χ0v) is 18.8. The molecule has 0 radical (unpaired) electrons. The Morgan fingerprint density at radius 3 is 2.33 bits per heavy atom. The summed E-state index contributed by atoms with van der Waals surface area (Å²) in [6, 6.07) is 24.9. The fraction of sp³-hybridized carbons (Fsp3) is 0.310. The topological polar surface area (TPSA) is 30.9 Å². The lowest BCUT2D eigenvalue weighted by atomic mass is 9.84. The van der Waals surface area contributed by atoms with Gasteiger partial charge in [0.25, 0.3) is 0 Å². The molecule has 3 aromatic carbocycles. The number of ether oxygens (including phenoxy) is 3. The molecule has 1 saturated heterocycles. The molecule has 6 rings (SSSR count). The van der Waals surface area contributed by atoms with Gasteiger partial charge in [-0.3, -0.25) is 4.90 Å². The van der Waals surface area contributed by atoms with Crippen molar-refractivity contribution in [2.45, 2.75) is 25.4 Å². The van der Waals surface area contributed by atoms with Crippen molar-refractivity contribution in [3.63, 3.8) is 0 Å². The van der Waals surface area contributed by atoms with Crippen LogP contribution >= 0.6 is 0 Å². The van der Waals surface area contributed by atoms with Crippen LogP contribution in [-0.4, -0.2) is 37.7 Å². The van der Waals surface area contributed by atoms with Crippen LogP contribution in [0.1, 0.15) is 42.1 Å². The molecule has 33 heavy (non-hydrogen) atoms. The molecule has 3 heterocycles. The molecule has 0 bridgehead atoms. The Morgan fingerprint density at radius 2 is 1.52 bits per heavy atom. The number of benzene rings is 3. The Bertz CT molecular complexity index is 1160. The summed E-state index contributed by atoms with van der Waals surface area (Å²) in [7, 11) is 0. The van der Waals surface area contributed by atoms with Crippen LogP contribution in [0, 0.1) is 0 Å². The van der Waals surface area contributed by atoms with Crippen molar-refractivity contribution in [2.75, 3.05) is 32.8 Å². The van der Waals surface area contributed by atoms with Gasteiger partial charge in [0.2, 0.25) is 0 Å². The zero-order chi connectivity index (χ0) is 22.0. The minimum Gasteiger partial charge on any atom is -0.492 e. The molecular formula is C29H29NO3. The molecule has 4 heteroatoms. The Hall–Kier alpha value is -3.24. The molecule has 0 amide bonds. The lowest BCUT2D eigenvalue weighted by Crippen LogP contribution is -2.33. The first-order chi connectivity index (χ1) is 16.4. The first-order valence-corrected chi connectivity index (χ1v) is 12.0.